The number of amides is 1. The van der Waals surface area contributed by atoms with Crippen molar-refractivity contribution >= 4 is 27.3 Å². The number of aryl methyl sites for hydroxylation is 2. The van der Waals surface area contributed by atoms with Gasteiger partial charge in [0.15, 0.2) is 0 Å². The van der Waals surface area contributed by atoms with Crippen LogP contribution in [0.15, 0.2) is 52.5 Å². The molecule has 6 nitrogen and oxygen atoms in total. The summed E-state index contributed by atoms with van der Waals surface area (Å²) in [5.41, 5.74) is 6.27. The highest BCUT2D eigenvalue weighted by atomic mass is 32.2. The molecule has 160 valence electrons. The van der Waals surface area contributed by atoms with Gasteiger partial charge in [0.25, 0.3) is 15.9 Å². The molecule has 0 heterocycles. The second-order valence-corrected chi connectivity index (χ2v) is 9.52. The molecule has 7 heteroatoms. The number of hydrogen-bond acceptors (Lipinski definition) is 4. The van der Waals surface area contributed by atoms with Crippen LogP contribution in [0.25, 0.3) is 0 Å². The molecule has 0 atom stereocenters. The third kappa shape index (κ3) is 5.92. The first-order valence-electron chi connectivity index (χ1n) is 10.4. The molecule has 0 aromatic heterocycles. The molecule has 1 amide bonds. The summed E-state index contributed by atoms with van der Waals surface area (Å²) in [6.45, 7) is 3.80. The lowest BCUT2D eigenvalue weighted by Gasteiger charge is -2.12. The summed E-state index contributed by atoms with van der Waals surface area (Å²) < 4.78 is 28.2. The number of nitrogens with zero attached hydrogens (tertiary/aromatic N) is 1. The van der Waals surface area contributed by atoms with Crippen molar-refractivity contribution in [2.75, 3.05) is 4.72 Å². The molecule has 2 aromatic rings. The number of sulfonamides is 1. The van der Waals surface area contributed by atoms with Gasteiger partial charge in [-0.1, -0.05) is 43.0 Å². The zero-order valence-corrected chi connectivity index (χ0v) is 18.4. The van der Waals surface area contributed by atoms with Gasteiger partial charge >= 0.3 is 0 Å². The van der Waals surface area contributed by atoms with E-state index >= 15 is 0 Å². The zero-order chi connectivity index (χ0) is 21.6. The molecule has 2 N–H and O–H groups in total. The number of hydrogen-bond donors (Lipinski definition) is 2. The fourth-order valence-electron chi connectivity index (χ4n) is 3.56. The van der Waals surface area contributed by atoms with Crippen molar-refractivity contribution in [1.29, 1.82) is 0 Å². The monoisotopic (exact) mass is 427 g/mol. The molecule has 0 unspecified atom stereocenters. The Morgan fingerprint density at radius 1 is 0.933 bits per heavy atom. The van der Waals surface area contributed by atoms with Crippen LogP contribution in [0.4, 0.5) is 5.69 Å². The first-order chi connectivity index (χ1) is 14.3. The molecular formula is C23H29N3O3S. The number of benzene rings is 2. The quantitative estimate of drug-likeness (QED) is 0.663. The van der Waals surface area contributed by atoms with E-state index in [9.17, 15) is 13.2 Å². The van der Waals surface area contributed by atoms with Crippen molar-refractivity contribution in [2.45, 2.75) is 63.7 Å². The van der Waals surface area contributed by atoms with E-state index in [4.69, 9.17) is 0 Å². The molecule has 0 aliphatic heterocycles. The zero-order valence-electron chi connectivity index (χ0n) is 17.6. The average Bonchev–Trinajstić information content (AvgIpc) is 2.69. The fourth-order valence-corrected chi connectivity index (χ4v) is 4.73. The number of carbonyl (C=O) groups is 1. The van der Waals surface area contributed by atoms with Crippen molar-refractivity contribution in [3.05, 3.63) is 59.2 Å². The fraction of sp³-hybridized carbons (Fsp3) is 0.391. The number of anilines is 1. The Bertz CT molecular complexity index is 1040. The van der Waals surface area contributed by atoms with Gasteiger partial charge in [-0.2, -0.15) is 5.10 Å². The Morgan fingerprint density at radius 3 is 2.33 bits per heavy atom. The van der Waals surface area contributed by atoms with Gasteiger partial charge in [-0.3, -0.25) is 9.52 Å². The van der Waals surface area contributed by atoms with Crippen LogP contribution in [0.2, 0.25) is 0 Å². The van der Waals surface area contributed by atoms with Crippen LogP contribution in [0.5, 0.6) is 0 Å². The number of rotatable bonds is 5. The second kappa shape index (κ2) is 9.89. The van der Waals surface area contributed by atoms with E-state index in [2.05, 4.69) is 15.2 Å². The normalized spacial score (nSPS) is 15.1. The van der Waals surface area contributed by atoms with Gasteiger partial charge in [-0.05, 0) is 69.4 Å². The molecule has 3 rings (SSSR count). The third-order valence-corrected chi connectivity index (χ3v) is 6.64. The molecule has 0 bridgehead atoms. The summed E-state index contributed by atoms with van der Waals surface area (Å²) in [5.74, 6) is -0.409. The van der Waals surface area contributed by atoms with Crippen LogP contribution in [-0.4, -0.2) is 20.0 Å². The van der Waals surface area contributed by atoms with Crippen LogP contribution >= 0.6 is 0 Å². The standard InChI is InChI=1S/C23H29N3O3S/c1-17-13-14-22(18(2)15-17)26-30(28,29)21-12-8-9-19(16-21)23(27)25-24-20-10-6-4-3-5-7-11-20/h8-9,12-16,26H,3-7,10-11H2,1-2H3,(H,25,27). The minimum atomic E-state index is -3.81. The molecule has 30 heavy (non-hydrogen) atoms. The van der Waals surface area contributed by atoms with E-state index in [0.29, 0.717) is 5.69 Å². The van der Waals surface area contributed by atoms with Gasteiger partial charge in [0.1, 0.15) is 0 Å². The molecule has 0 saturated heterocycles. The van der Waals surface area contributed by atoms with Crippen LogP contribution in [0.3, 0.4) is 0 Å². The molecule has 1 saturated carbocycles. The Balaban J connectivity index is 1.73. The summed E-state index contributed by atoms with van der Waals surface area (Å²) >= 11 is 0. The predicted molar refractivity (Wildman–Crippen MR) is 120 cm³/mol. The lowest BCUT2D eigenvalue weighted by molar-refractivity contribution is 0.0954. The largest absolute Gasteiger partial charge is 0.279 e. The molecule has 0 spiro atoms. The molecule has 1 aliphatic rings. The minimum absolute atomic E-state index is 0.0359. The highest BCUT2D eigenvalue weighted by Gasteiger charge is 2.17. The topological polar surface area (TPSA) is 87.6 Å². The van der Waals surface area contributed by atoms with Gasteiger partial charge < -0.3 is 0 Å². The van der Waals surface area contributed by atoms with Crippen molar-refractivity contribution in [2.24, 2.45) is 5.10 Å². The van der Waals surface area contributed by atoms with E-state index in [0.717, 1.165) is 42.5 Å². The molecule has 1 aliphatic carbocycles. The third-order valence-electron chi connectivity index (χ3n) is 5.28. The van der Waals surface area contributed by atoms with E-state index in [1.54, 1.807) is 18.2 Å². The van der Waals surface area contributed by atoms with E-state index in [1.165, 1.54) is 31.4 Å². The van der Waals surface area contributed by atoms with Crippen molar-refractivity contribution in [1.82, 2.24) is 5.43 Å². The first-order valence-corrected chi connectivity index (χ1v) is 11.9. The maximum Gasteiger partial charge on any atom is 0.271 e. The van der Waals surface area contributed by atoms with Gasteiger partial charge in [0, 0.05) is 11.3 Å². The first kappa shape index (κ1) is 22.0. The Hall–Kier alpha value is -2.67. The smallest absolute Gasteiger partial charge is 0.271 e. The van der Waals surface area contributed by atoms with Crippen LogP contribution in [0.1, 0.15) is 66.4 Å². The summed E-state index contributed by atoms with van der Waals surface area (Å²) in [6, 6.07) is 11.5. The molecular weight excluding hydrogens is 398 g/mol. The Kier molecular flexibility index (Phi) is 7.26. The maximum atomic E-state index is 12.8. The minimum Gasteiger partial charge on any atom is -0.279 e. The van der Waals surface area contributed by atoms with Crippen LogP contribution < -0.4 is 10.1 Å². The lowest BCUT2D eigenvalue weighted by Crippen LogP contribution is -2.21. The summed E-state index contributed by atoms with van der Waals surface area (Å²) in [5, 5.41) is 4.29. The van der Waals surface area contributed by atoms with Crippen LogP contribution in [0, 0.1) is 13.8 Å². The highest BCUT2D eigenvalue weighted by molar-refractivity contribution is 7.92. The SMILES string of the molecule is Cc1ccc(NS(=O)(=O)c2cccc(C(=O)NN=C3CCCCCCC3)c2)c(C)c1. The average molecular weight is 428 g/mol. The molecule has 0 radical (unpaired) electrons. The lowest BCUT2D eigenvalue weighted by atomic mass is 9.99. The summed E-state index contributed by atoms with van der Waals surface area (Å²) in [6.07, 6.45) is 7.62. The predicted octanol–water partition coefficient (Wildman–Crippen LogP) is 4.93. The Morgan fingerprint density at radius 2 is 1.63 bits per heavy atom. The van der Waals surface area contributed by atoms with E-state index in [1.807, 2.05) is 26.0 Å². The van der Waals surface area contributed by atoms with Crippen molar-refractivity contribution < 1.29 is 13.2 Å². The van der Waals surface area contributed by atoms with Gasteiger partial charge in [0.2, 0.25) is 0 Å². The van der Waals surface area contributed by atoms with Gasteiger partial charge in [0.05, 0.1) is 10.6 Å². The van der Waals surface area contributed by atoms with Gasteiger partial charge in [-0.25, -0.2) is 13.8 Å². The van der Waals surface area contributed by atoms with Crippen LogP contribution in [-0.2, 0) is 10.0 Å². The highest BCUT2D eigenvalue weighted by Crippen LogP contribution is 2.21. The summed E-state index contributed by atoms with van der Waals surface area (Å²) in [7, 11) is -3.81. The van der Waals surface area contributed by atoms with Crippen molar-refractivity contribution in [3.63, 3.8) is 0 Å². The number of hydrazone groups is 1. The Labute approximate surface area is 178 Å². The number of carbonyl (C=O) groups excluding carboxylic acids is 1. The molecule has 1 fully saturated rings. The van der Waals surface area contributed by atoms with Crippen molar-refractivity contribution in [3.8, 4) is 0 Å². The van der Waals surface area contributed by atoms with Gasteiger partial charge in [-0.15, -0.1) is 0 Å². The second-order valence-electron chi connectivity index (χ2n) is 7.84. The van der Waals surface area contributed by atoms with E-state index in [-0.39, 0.29) is 10.5 Å². The molecule has 2 aromatic carbocycles. The van der Waals surface area contributed by atoms with E-state index < -0.39 is 15.9 Å². The maximum absolute atomic E-state index is 12.8. The number of nitrogens with one attached hydrogen (secondary N) is 2. The summed E-state index contributed by atoms with van der Waals surface area (Å²) in [4.78, 5) is 12.6.